The van der Waals surface area contributed by atoms with Crippen LogP contribution in [0.25, 0.3) is 0 Å². The molecule has 2 saturated heterocycles. The average Bonchev–Trinajstić information content (AvgIpc) is 3.06. The maximum atomic E-state index is 12.9. The maximum absolute atomic E-state index is 12.9. The number of hydrogen-bond acceptors (Lipinski definition) is 5. The second kappa shape index (κ2) is 6.76. The second-order valence-electron chi connectivity index (χ2n) is 6.22. The van der Waals surface area contributed by atoms with Crippen LogP contribution in [0.2, 0.25) is 0 Å². The fourth-order valence-electron chi connectivity index (χ4n) is 3.43. The SMILES string of the molecule is COc1ccc(S(=O)(=O)N2CCC(N3CCNCC3)C2)cc1C. The van der Waals surface area contributed by atoms with Crippen molar-refractivity contribution in [1.82, 2.24) is 14.5 Å². The summed E-state index contributed by atoms with van der Waals surface area (Å²) in [4.78, 5) is 2.77. The second-order valence-corrected chi connectivity index (χ2v) is 8.16. The summed E-state index contributed by atoms with van der Waals surface area (Å²) in [5.74, 6) is 0.712. The van der Waals surface area contributed by atoms with Gasteiger partial charge in [-0.25, -0.2) is 8.42 Å². The van der Waals surface area contributed by atoms with Crippen LogP contribution in [-0.4, -0.2) is 70.0 Å². The van der Waals surface area contributed by atoms with Gasteiger partial charge in [0.05, 0.1) is 12.0 Å². The molecule has 0 spiro atoms. The molecule has 2 aliphatic heterocycles. The number of hydrogen-bond donors (Lipinski definition) is 1. The van der Waals surface area contributed by atoms with Crippen LogP contribution in [0.5, 0.6) is 5.75 Å². The molecule has 1 atom stereocenters. The first-order chi connectivity index (χ1) is 11.0. The molecule has 128 valence electrons. The number of nitrogens with one attached hydrogen (secondary N) is 1. The van der Waals surface area contributed by atoms with E-state index in [9.17, 15) is 8.42 Å². The largest absolute Gasteiger partial charge is 0.496 e. The summed E-state index contributed by atoms with van der Waals surface area (Å²) in [7, 11) is -1.83. The third-order valence-corrected chi connectivity index (χ3v) is 6.66. The highest BCUT2D eigenvalue weighted by Crippen LogP contribution is 2.27. The molecule has 6 nitrogen and oxygen atoms in total. The molecular weight excluding hydrogens is 314 g/mol. The van der Waals surface area contributed by atoms with Gasteiger partial charge in [-0.15, -0.1) is 0 Å². The smallest absolute Gasteiger partial charge is 0.243 e. The van der Waals surface area contributed by atoms with E-state index < -0.39 is 10.0 Å². The van der Waals surface area contributed by atoms with Crippen molar-refractivity contribution in [3.05, 3.63) is 23.8 Å². The van der Waals surface area contributed by atoms with Gasteiger partial charge >= 0.3 is 0 Å². The van der Waals surface area contributed by atoms with E-state index in [2.05, 4.69) is 10.2 Å². The molecule has 2 aliphatic rings. The lowest BCUT2D eigenvalue weighted by Gasteiger charge is -2.32. The molecule has 0 aromatic heterocycles. The van der Waals surface area contributed by atoms with Crippen LogP contribution < -0.4 is 10.1 Å². The normalized spacial score (nSPS) is 24.0. The molecule has 1 aromatic rings. The molecule has 1 aromatic carbocycles. The number of nitrogens with zero attached hydrogens (tertiary/aromatic N) is 2. The van der Waals surface area contributed by atoms with E-state index >= 15 is 0 Å². The van der Waals surface area contributed by atoms with Crippen molar-refractivity contribution < 1.29 is 13.2 Å². The Balaban J connectivity index is 1.74. The summed E-state index contributed by atoms with van der Waals surface area (Å²) in [6.45, 7) is 7.03. The highest BCUT2D eigenvalue weighted by atomic mass is 32.2. The predicted octanol–water partition coefficient (Wildman–Crippen LogP) is 0.672. The van der Waals surface area contributed by atoms with Crippen LogP contribution in [0.15, 0.2) is 23.1 Å². The van der Waals surface area contributed by atoms with Crippen molar-refractivity contribution in [2.45, 2.75) is 24.3 Å². The minimum absolute atomic E-state index is 0.339. The first-order valence-electron chi connectivity index (χ1n) is 8.12. The Hall–Kier alpha value is -1.15. The van der Waals surface area contributed by atoms with E-state index in [0.717, 1.165) is 38.2 Å². The zero-order valence-electron chi connectivity index (χ0n) is 13.8. The Labute approximate surface area is 138 Å². The first kappa shape index (κ1) is 16.7. The van der Waals surface area contributed by atoms with E-state index in [1.165, 1.54) is 0 Å². The summed E-state index contributed by atoms with van der Waals surface area (Å²) < 4.78 is 32.6. The van der Waals surface area contributed by atoms with Crippen molar-refractivity contribution >= 4 is 10.0 Å². The summed E-state index contributed by atoms with van der Waals surface area (Å²) >= 11 is 0. The highest BCUT2D eigenvalue weighted by molar-refractivity contribution is 7.89. The predicted molar refractivity (Wildman–Crippen MR) is 89.3 cm³/mol. The summed E-state index contributed by atoms with van der Waals surface area (Å²) in [5.41, 5.74) is 0.839. The Bertz CT molecular complexity index is 657. The van der Waals surface area contributed by atoms with Crippen molar-refractivity contribution in [1.29, 1.82) is 0 Å². The average molecular weight is 339 g/mol. The lowest BCUT2D eigenvalue weighted by Crippen LogP contribution is -2.49. The van der Waals surface area contributed by atoms with Gasteiger partial charge in [-0.2, -0.15) is 4.31 Å². The molecule has 0 amide bonds. The fraction of sp³-hybridized carbons (Fsp3) is 0.625. The van der Waals surface area contributed by atoms with E-state index in [0.29, 0.717) is 29.8 Å². The maximum Gasteiger partial charge on any atom is 0.243 e. The number of sulfonamides is 1. The molecule has 1 unspecified atom stereocenters. The quantitative estimate of drug-likeness (QED) is 0.874. The Morgan fingerprint density at radius 1 is 1.22 bits per heavy atom. The Morgan fingerprint density at radius 2 is 1.96 bits per heavy atom. The molecule has 2 fully saturated rings. The van der Waals surface area contributed by atoms with Crippen LogP contribution >= 0.6 is 0 Å². The molecule has 0 saturated carbocycles. The van der Waals surface area contributed by atoms with E-state index in [1.807, 2.05) is 6.92 Å². The minimum Gasteiger partial charge on any atom is -0.496 e. The molecule has 0 radical (unpaired) electrons. The lowest BCUT2D eigenvalue weighted by molar-refractivity contribution is 0.179. The van der Waals surface area contributed by atoms with Crippen molar-refractivity contribution in [2.75, 3.05) is 46.4 Å². The highest BCUT2D eigenvalue weighted by Gasteiger charge is 2.35. The van der Waals surface area contributed by atoms with Crippen molar-refractivity contribution in [3.8, 4) is 5.75 Å². The minimum atomic E-state index is -3.42. The molecule has 23 heavy (non-hydrogen) atoms. The Kier molecular flexibility index (Phi) is 4.91. The van der Waals surface area contributed by atoms with Gasteiger partial charge in [0.2, 0.25) is 10.0 Å². The van der Waals surface area contributed by atoms with Gasteiger partial charge in [-0.05, 0) is 37.1 Å². The molecule has 0 aliphatic carbocycles. The van der Waals surface area contributed by atoms with Gasteiger partial charge in [-0.3, -0.25) is 4.90 Å². The van der Waals surface area contributed by atoms with Crippen LogP contribution in [-0.2, 0) is 10.0 Å². The topological polar surface area (TPSA) is 61.9 Å². The summed E-state index contributed by atoms with van der Waals surface area (Å²) in [6, 6.07) is 5.41. The van der Waals surface area contributed by atoms with E-state index in [1.54, 1.807) is 29.6 Å². The van der Waals surface area contributed by atoms with Crippen molar-refractivity contribution in [3.63, 3.8) is 0 Å². The standard InChI is InChI=1S/C16H25N3O3S/c1-13-11-15(3-4-16(13)22-2)23(20,21)19-8-5-14(12-19)18-9-6-17-7-10-18/h3-4,11,14,17H,5-10,12H2,1-2H3. The van der Waals surface area contributed by atoms with Gasteiger partial charge in [0, 0.05) is 45.3 Å². The number of benzene rings is 1. The van der Waals surface area contributed by atoms with E-state index in [-0.39, 0.29) is 0 Å². The Morgan fingerprint density at radius 3 is 2.61 bits per heavy atom. The molecule has 0 bridgehead atoms. The monoisotopic (exact) mass is 339 g/mol. The third-order valence-electron chi connectivity index (χ3n) is 4.80. The molecule has 3 rings (SSSR count). The van der Waals surface area contributed by atoms with Crippen LogP contribution in [0.4, 0.5) is 0 Å². The first-order valence-corrected chi connectivity index (χ1v) is 9.56. The van der Waals surface area contributed by atoms with Crippen LogP contribution in [0.1, 0.15) is 12.0 Å². The van der Waals surface area contributed by atoms with Gasteiger partial charge in [0.25, 0.3) is 0 Å². The number of aryl methyl sites for hydroxylation is 1. The zero-order valence-corrected chi connectivity index (χ0v) is 14.6. The molecule has 7 heteroatoms. The lowest BCUT2D eigenvalue weighted by atomic mass is 10.2. The summed E-state index contributed by atoms with van der Waals surface area (Å²) in [5, 5.41) is 3.34. The molecule has 2 heterocycles. The van der Waals surface area contributed by atoms with Gasteiger partial charge in [-0.1, -0.05) is 0 Å². The van der Waals surface area contributed by atoms with Crippen molar-refractivity contribution in [2.24, 2.45) is 0 Å². The number of ether oxygens (including phenoxy) is 1. The third kappa shape index (κ3) is 3.38. The van der Waals surface area contributed by atoms with Gasteiger partial charge < -0.3 is 10.1 Å². The fourth-order valence-corrected chi connectivity index (χ4v) is 5.01. The van der Waals surface area contributed by atoms with Gasteiger partial charge in [0.1, 0.15) is 5.75 Å². The number of piperazine rings is 1. The summed E-state index contributed by atoms with van der Waals surface area (Å²) in [6.07, 6.45) is 0.911. The van der Waals surface area contributed by atoms with Crippen LogP contribution in [0, 0.1) is 6.92 Å². The molecule has 1 N–H and O–H groups in total. The van der Waals surface area contributed by atoms with E-state index in [4.69, 9.17) is 4.74 Å². The number of methoxy groups -OCH3 is 1. The number of rotatable bonds is 4. The molecular formula is C16H25N3O3S. The van der Waals surface area contributed by atoms with Gasteiger partial charge in [0.15, 0.2) is 0 Å². The zero-order chi connectivity index (χ0) is 16.4. The van der Waals surface area contributed by atoms with Crippen LogP contribution in [0.3, 0.4) is 0 Å².